The Morgan fingerprint density at radius 2 is 0.667 bits per heavy atom. The van der Waals surface area contributed by atoms with Crippen LogP contribution in [-0.4, -0.2) is 26.4 Å². The van der Waals surface area contributed by atoms with Gasteiger partial charge in [-0.1, -0.05) is 200 Å². The number of fused-ring (bicyclic) bond motifs is 3. The van der Waals surface area contributed by atoms with Crippen LogP contribution < -0.4 is 14.2 Å². The SMILES string of the molecule is CC.CC.CC.CC.CC.CC.CC(C)C.CC(C)C.CC(C)C.c1ccc2c(c1)CCCO2.c1ccc2c(c1)CCOC2.c1ccc2c(c1)OCCO2. The molecule has 0 radical (unpaired) electrons. The van der Waals surface area contributed by atoms with E-state index >= 15 is 0 Å². The maximum absolute atomic E-state index is 5.42. The monoisotopic (exact) mass is 759 g/mol. The van der Waals surface area contributed by atoms with Crippen molar-refractivity contribution in [2.45, 2.75) is 171 Å². The van der Waals surface area contributed by atoms with Crippen molar-refractivity contribution in [3.63, 3.8) is 0 Å². The lowest BCUT2D eigenvalue weighted by Gasteiger charge is -2.17. The van der Waals surface area contributed by atoms with E-state index in [1.54, 1.807) is 0 Å². The molecule has 3 aromatic rings. The van der Waals surface area contributed by atoms with Crippen LogP contribution in [-0.2, 0) is 24.2 Å². The lowest BCUT2D eigenvalue weighted by atomic mass is 10.0. The average Bonchev–Trinajstić information content (AvgIpc) is 3.22. The summed E-state index contributed by atoms with van der Waals surface area (Å²) in [6, 6.07) is 24.4. The minimum atomic E-state index is 0.664. The topological polar surface area (TPSA) is 36.9 Å². The smallest absolute Gasteiger partial charge is 0.161 e. The predicted molar refractivity (Wildman–Crippen MR) is 247 cm³/mol. The molecule has 4 nitrogen and oxygen atoms in total. The molecule has 0 spiro atoms. The summed E-state index contributed by atoms with van der Waals surface area (Å²) in [6.07, 6.45) is 3.42. The molecule has 0 aliphatic carbocycles. The Morgan fingerprint density at radius 1 is 0.352 bits per heavy atom. The molecule has 3 heterocycles. The highest BCUT2D eigenvalue weighted by atomic mass is 16.6. The molecular formula is C50H94O4. The number of hydrogen-bond donors (Lipinski definition) is 0. The third-order valence-electron chi connectivity index (χ3n) is 5.16. The van der Waals surface area contributed by atoms with E-state index in [1.165, 1.54) is 23.1 Å². The molecule has 4 heteroatoms. The van der Waals surface area contributed by atoms with Crippen LogP contribution in [0, 0.1) is 17.8 Å². The van der Waals surface area contributed by atoms with Crippen molar-refractivity contribution >= 4 is 0 Å². The minimum Gasteiger partial charge on any atom is -0.493 e. The molecule has 0 fully saturated rings. The zero-order valence-corrected chi connectivity index (χ0v) is 40.0. The Hall–Kier alpha value is -2.98. The van der Waals surface area contributed by atoms with Gasteiger partial charge < -0.3 is 18.9 Å². The summed E-state index contributed by atoms with van der Waals surface area (Å²) in [5, 5.41) is 0. The van der Waals surface area contributed by atoms with Crippen LogP contribution in [0.1, 0.15) is 169 Å². The summed E-state index contributed by atoms with van der Waals surface area (Å²) in [4.78, 5) is 0. The molecule has 3 aliphatic heterocycles. The lowest BCUT2D eigenvalue weighted by Crippen LogP contribution is -2.14. The summed E-state index contributed by atoms with van der Waals surface area (Å²) >= 11 is 0. The van der Waals surface area contributed by atoms with Gasteiger partial charge >= 0.3 is 0 Å². The molecule has 3 aliphatic rings. The molecule has 6 rings (SSSR count). The van der Waals surface area contributed by atoms with E-state index in [-0.39, 0.29) is 0 Å². The Kier molecular flexibility index (Phi) is 60.8. The predicted octanol–water partition coefficient (Wildman–Crippen LogP) is 16.4. The number of para-hydroxylation sites is 3. The van der Waals surface area contributed by atoms with E-state index in [0.29, 0.717) is 13.2 Å². The Morgan fingerprint density at radius 3 is 1.04 bits per heavy atom. The van der Waals surface area contributed by atoms with Crippen LogP contribution in [0.5, 0.6) is 17.2 Å². The van der Waals surface area contributed by atoms with E-state index < -0.39 is 0 Å². The third kappa shape index (κ3) is 43.4. The van der Waals surface area contributed by atoms with Gasteiger partial charge in [0, 0.05) is 0 Å². The highest BCUT2D eigenvalue weighted by Crippen LogP contribution is 2.28. The largest absolute Gasteiger partial charge is 0.493 e. The van der Waals surface area contributed by atoms with Crippen molar-refractivity contribution in [3.05, 3.63) is 89.5 Å². The molecule has 0 aromatic heterocycles. The minimum absolute atomic E-state index is 0.664. The first-order valence-electron chi connectivity index (χ1n) is 21.8. The van der Waals surface area contributed by atoms with Gasteiger partial charge in [0.15, 0.2) is 11.5 Å². The van der Waals surface area contributed by atoms with Gasteiger partial charge in [0.05, 0.1) is 19.8 Å². The second-order valence-electron chi connectivity index (χ2n) is 12.5. The van der Waals surface area contributed by atoms with E-state index in [0.717, 1.165) is 67.7 Å². The molecule has 318 valence electrons. The third-order valence-corrected chi connectivity index (χ3v) is 5.16. The Balaban J connectivity index is -0.000000125. The van der Waals surface area contributed by atoms with Crippen molar-refractivity contribution in [2.75, 3.05) is 26.4 Å². The molecule has 0 unspecified atom stereocenters. The fourth-order valence-corrected chi connectivity index (χ4v) is 3.59. The van der Waals surface area contributed by atoms with Gasteiger partial charge in [0.1, 0.15) is 19.0 Å². The van der Waals surface area contributed by atoms with Gasteiger partial charge in [-0.05, 0) is 71.9 Å². The maximum Gasteiger partial charge on any atom is 0.161 e. The number of ether oxygens (including phenoxy) is 4. The van der Waals surface area contributed by atoms with Gasteiger partial charge in [0.25, 0.3) is 0 Å². The van der Waals surface area contributed by atoms with E-state index in [1.807, 2.05) is 119 Å². The second kappa shape index (κ2) is 52.1. The number of benzene rings is 3. The van der Waals surface area contributed by atoms with Crippen molar-refractivity contribution < 1.29 is 18.9 Å². The zero-order valence-electron chi connectivity index (χ0n) is 40.0. The van der Waals surface area contributed by atoms with Crippen LogP contribution >= 0.6 is 0 Å². The fourth-order valence-electron chi connectivity index (χ4n) is 3.59. The first-order valence-corrected chi connectivity index (χ1v) is 21.8. The molecule has 0 atom stereocenters. The van der Waals surface area contributed by atoms with Crippen LogP contribution in [0.4, 0.5) is 0 Å². The van der Waals surface area contributed by atoms with Crippen LogP contribution in [0.15, 0.2) is 72.8 Å². The first-order chi connectivity index (χ1) is 26.1. The summed E-state index contributed by atoms with van der Waals surface area (Å²) in [7, 11) is 0. The van der Waals surface area contributed by atoms with E-state index in [4.69, 9.17) is 18.9 Å². The summed E-state index contributed by atoms with van der Waals surface area (Å²) in [5.41, 5.74) is 4.16. The fraction of sp³-hybridized carbons (Fsp3) is 0.640. The van der Waals surface area contributed by atoms with Crippen molar-refractivity contribution in [3.8, 4) is 17.2 Å². The molecule has 0 saturated heterocycles. The van der Waals surface area contributed by atoms with E-state index in [2.05, 4.69) is 98.7 Å². The summed E-state index contributed by atoms with van der Waals surface area (Å²) in [6.45, 7) is 47.4. The molecule has 0 N–H and O–H groups in total. The van der Waals surface area contributed by atoms with Crippen LogP contribution in [0.3, 0.4) is 0 Å². The molecule has 3 aromatic carbocycles. The normalized spacial score (nSPS) is 11.3. The molecular weight excluding hydrogens is 665 g/mol. The number of aryl methyl sites for hydroxylation is 1. The quantitative estimate of drug-likeness (QED) is 0.229. The van der Waals surface area contributed by atoms with Gasteiger partial charge in [-0.25, -0.2) is 0 Å². The molecule has 54 heavy (non-hydrogen) atoms. The van der Waals surface area contributed by atoms with Gasteiger partial charge in [-0.3, -0.25) is 0 Å². The van der Waals surface area contributed by atoms with Gasteiger partial charge in [-0.2, -0.15) is 0 Å². The van der Waals surface area contributed by atoms with Crippen molar-refractivity contribution in [1.29, 1.82) is 0 Å². The van der Waals surface area contributed by atoms with Crippen LogP contribution in [0.25, 0.3) is 0 Å². The Labute approximate surface area is 340 Å². The standard InChI is InChI=1S/2C9H10O.C8H8O2.3C4H10.6C2H6/c1-2-6-9-8(4-1)5-3-7-10-9;1-2-4-9-7-10-6-5-8(9)3-1;1-2-4-8-7(3-1)9-5-6-10-8;3*1-4(2)3;6*1-2/h1-2,4,6H,3,5,7H2;1-4H,5-7H2;1-4H,5-6H2;3*4H,1-3H3;6*1-2H3. The van der Waals surface area contributed by atoms with Gasteiger partial charge in [-0.15, -0.1) is 0 Å². The Bertz CT molecular complexity index is 855. The van der Waals surface area contributed by atoms with Crippen molar-refractivity contribution in [2.24, 2.45) is 17.8 Å². The lowest BCUT2D eigenvalue weighted by molar-refractivity contribution is 0.111. The summed E-state index contributed by atoms with van der Waals surface area (Å²) in [5.74, 6) is 5.29. The number of hydrogen-bond acceptors (Lipinski definition) is 4. The van der Waals surface area contributed by atoms with Crippen LogP contribution in [0.2, 0.25) is 0 Å². The maximum atomic E-state index is 5.42. The first kappa shape index (κ1) is 63.0. The molecule has 0 bridgehead atoms. The highest BCUT2D eigenvalue weighted by molar-refractivity contribution is 5.40. The van der Waals surface area contributed by atoms with Gasteiger partial charge in [0.2, 0.25) is 0 Å². The zero-order chi connectivity index (χ0) is 43.2. The van der Waals surface area contributed by atoms with Crippen molar-refractivity contribution in [1.82, 2.24) is 0 Å². The molecule has 0 saturated carbocycles. The highest BCUT2D eigenvalue weighted by Gasteiger charge is 2.09. The number of rotatable bonds is 0. The second-order valence-corrected chi connectivity index (χ2v) is 12.5. The molecule has 0 amide bonds. The summed E-state index contributed by atoms with van der Waals surface area (Å²) < 4.78 is 21.3. The van der Waals surface area contributed by atoms with E-state index in [9.17, 15) is 0 Å². The average molecular weight is 759 g/mol.